The van der Waals surface area contributed by atoms with Crippen LogP contribution in [0.4, 0.5) is 18.9 Å². The second-order valence-electron chi connectivity index (χ2n) is 7.65. The molecule has 4 nitrogen and oxygen atoms in total. The van der Waals surface area contributed by atoms with E-state index in [0.29, 0.717) is 35.0 Å². The van der Waals surface area contributed by atoms with Crippen LogP contribution in [0.25, 0.3) is 6.08 Å². The van der Waals surface area contributed by atoms with Gasteiger partial charge in [0.25, 0.3) is 5.91 Å². The Morgan fingerprint density at radius 2 is 1.79 bits per heavy atom. The fourth-order valence-corrected chi connectivity index (χ4v) is 4.60. The third kappa shape index (κ3) is 6.91. The van der Waals surface area contributed by atoms with Crippen molar-refractivity contribution in [2.24, 2.45) is 0 Å². The lowest BCUT2D eigenvalue weighted by molar-refractivity contribution is -0.137. The smallest absolute Gasteiger partial charge is 0.326 e. The molecule has 174 valence electrons. The summed E-state index contributed by atoms with van der Waals surface area (Å²) in [6.45, 7) is 2.43. The van der Waals surface area contributed by atoms with E-state index in [9.17, 15) is 22.8 Å². The molecule has 0 spiro atoms. The van der Waals surface area contributed by atoms with E-state index in [1.807, 2.05) is 37.3 Å². The summed E-state index contributed by atoms with van der Waals surface area (Å²) >= 11 is 6.60. The number of halogens is 3. The van der Waals surface area contributed by atoms with Gasteiger partial charge in [-0.15, -0.1) is 0 Å². The number of hydrogen-bond acceptors (Lipinski definition) is 4. The number of thioether (sulfide) groups is 1. The van der Waals surface area contributed by atoms with Crippen molar-refractivity contribution in [1.29, 1.82) is 0 Å². The number of unbranched alkanes of at least 4 members (excludes halogenated alkanes) is 2. The molecule has 9 heteroatoms. The van der Waals surface area contributed by atoms with E-state index in [4.69, 9.17) is 12.2 Å². The summed E-state index contributed by atoms with van der Waals surface area (Å²) in [5.41, 5.74) is 0.955. The van der Waals surface area contributed by atoms with E-state index < -0.39 is 17.6 Å². The van der Waals surface area contributed by atoms with Crippen LogP contribution < -0.4 is 5.32 Å². The van der Waals surface area contributed by atoms with Gasteiger partial charge in [0.15, 0.2) is 0 Å². The molecule has 1 saturated heterocycles. The molecule has 0 radical (unpaired) electrons. The molecule has 2 aromatic rings. The number of benzene rings is 2. The first kappa shape index (κ1) is 25.0. The number of nitrogens with zero attached hydrogens (tertiary/aromatic N) is 1. The SMILES string of the molecule is Cc1ccc(C=C2SC(=S)N(CCCCCC(=O)Nc3ccccc3C(F)(F)F)C2=O)cc1. The van der Waals surface area contributed by atoms with Crippen molar-refractivity contribution < 1.29 is 22.8 Å². The van der Waals surface area contributed by atoms with Gasteiger partial charge in [-0.05, 0) is 43.5 Å². The van der Waals surface area contributed by atoms with Crippen LogP contribution >= 0.6 is 24.0 Å². The van der Waals surface area contributed by atoms with Gasteiger partial charge in [0.2, 0.25) is 5.91 Å². The molecule has 1 aliphatic heterocycles. The number of rotatable bonds is 8. The van der Waals surface area contributed by atoms with E-state index in [1.54, 1.807) is 4.90 Å². The predicted molar refractivity (Wildman–Crippen MR) is 130 cm³/mol. The Bertz CT molecular complexity index is 1070. The number of anilines is 1. The van der Waals surface area contributed by atoms with Gasteiger partial charge in [-0.3, -0.25) is 14.5 Å². The molecule has 0 saturated carbocycles. The number of nitrogens with one attached hydrogen (secondary N) is 1. The number of hydrogen-bond donors (Lipinski definition) is 1. The van der Waals surface area contributed by atoms with Crippen molar-refractivity contribution in [3.63, 3.8) is 0 Å². The molecule has 1 N–H and O–H groups in total. The summed E-state index contributed by atoms with van der Waals surface area (Å²) in [6.07, 6.45) is -0.845. The zero-order valence-electron chi connectivity index (χ0n) is 17.9. The molecule has 1 aliphatic rings. The van der Waals surface area contributed by atoms with E-state index >= 15 is 0 Å². The van der Waals surface area contributed by atoms with Gasteiger partial charge in [0, 0.05) is 13.0 Å². The monoisotopic (exact) mass is 492 g/mol. The molecule has 0 aromatic heterocycles. The third-order valence-electron chi connectivity index (χ3n) is 5.04. The van der Waals surface area contributed by atoms with Crippen LogP contribution in [0.1, 0.15) is 42.4 Å². The van der Waals surface area contributed by atoms with E-state index in [0.717, 1.165) is 17.2 Å². The van der Waals surface area contributed by atoms with E-state index in [-0.39, 0.29) is 18.0 Å². The maximum Gasteiger partial charge on any atom is 0.418 e. The molecule has 1 heterocycles. The van der Waals surface area contributed by atoms with Gasteiger partial charge >= 0.3 is 6.18 Å². The Morgan fingerprint density at radius 1 is 1.09 bits per heavy atom. The van der Waals surface area contributed by atoms with Crippen LogP contribution in [0.3, 0.4) is 0 Å². The Labute approximate surface area is 200 Å². The first-order valence-corrected chi connectivity index (χ1v) is 11.7. The lowest BCUT2D eigenvalue weighted by Gasteiger charge is -2.14. The van der Waals surface area contributed by atoms with Crippen LogP contribution in [0.5, 0.6) is 0 Å². The van der Waals surface area contributed by atoms with Gasteiger partial charge in [-0.25, -0.2) is 0 Å². The van der Waals surface area contributed by atoms with Crippen LogP contribution in [-0.2, 0) is 15.8 Å². The number of carbonyl (C=O) groups is 2. The van der Waals surface area contributed by atoms with Crippen molar-refractivity contribution in [2.75, 3.05) is 11.9 Å². The highest BCUT2D eigenvalue weighted by Gasteiger charge is 2.33. The second-order valence-corrected chi connectivity index (χ2v) is 9.32. The Kier molecular flexibility index (Phi) is 8.31. The average Bonchev–Trinajstić information content (AvgIpc) is 3.02. The zero-order chi connectivity index (χ0) is 24.0. The van der Waals surface area contributed by atoms with E-state index in [1.165, 1.54) is 30.0 Å². The summed E-state index contributed by atoms with van der Waals surface area (Å²) in [5.74, 6) is -0.606. The summed E-state index contributed by atoms with van der Waals surface area (Å²) in [6, 6.07) is 12.7. The Morgan fingerprint density at radius 3 is 2.48 bits per heavy atom. The number of amides is 2. The first-order chi connectivity index (χ1) is 15.6. The quantitative estimate of drug-likeness (QED) is 0.263. The zero-order valence-corrected chi connectivity index (χ0v) is 19.6. The lowest BCUT2D eigenvalue weighted by Crippen LogP contribution is -2.29. The minimum absolute atomic E-state index is 0.0951. The largest absolute Gasteiger partial charge is 0.418 e. The average molecular weight is 493 g/mol. The molecule has 3 rings (SSSR count). The van der Waals surface area contributed by atoms with Gasteiger partial charge in [0.1, 0.15) is 4.32 Å². The maximum absolute atomic E-state index is 13.0. The van der Waals surface area contributed by atoms with Crippen molar-refractivity contribution in [1.82, 2.24) is 4.90 Å². The van der Waals surface area contributed by atoms with E-state index in [2.05, 4.69) is 5.32 Å². The predicted octanol–water partition coefficient (Wildman–Crippen LogP) is 6.41. The van der Waals surface area contributed by atoms with Gasteiger partial charge < -0.3 is 5.32 Å². The lowest BCUT2D eigenvalue weighted by atomic mass is 10.1. The second kappa shape index (κ2) is 11.0. The molecule has 0 aliphatic carbocycles. The molecule has 0 bridgehead atoms. The van der Waals surface area contributed by atoms with Crippen LogP contribution in [0.2, 0.25) is 0 Å². The minimum atomic E-state index is -4.53. The molecule has 0 atom stereocenters. The van der Waals surface area contributed by atoms with Crippen LogP contribution in [-0.4, -0.2) is 27.6 Å². The summed E-state index contributed by atoms with van der Waals surface area (Å²) < 4.78 is 39.6. The van der Waals surface area contributed by atoms with Crippen LogP contribution in [0, 0.1) is 6.92 Å². The highest BCUT2D eigenvalue weighted by atomic mass is 32.2. The van der Waals surface area contributed by atoms with Gasteiger partial charge in [-0.2, -0.15) is 13.2 Å². The fraction of sp³-hybridized carbons (Fsp3) is 0.292. The highest BCUT2D eigenvalue weighted by Crippen LogP contribution is 2.35. The summed E-state index contributed by atoms with van der Waals surface area (Å²) in [5, 5.41) is 2.34. The number of thiocarbonyl (C=S) groups is 1. The standard InChI is InChI=1S/C24H23F3N2O2S2/c1-16-10-12-17(13-11-16)15-20-22(31)29(23(32)33-20)14-6-2-3-9-21(30)28-19-8-5-4-7-18(19)24(25,26)27/h4-5,7-8,10-13,15H,2-3,6,9,14H2,1H3,(H,28,30). The maximum atomic E-state index is 13.0. The first-order valence-electron chi connectivity index (χ1n) is 10.4. The van der Waals surface area contributed by atoms with Gasteiger partial charge in [-0.1, -0.05) is 72.4 Å². The third-order valence-corrected chi connectivity index (χ3v) is 6.42. The van der Waals surface area contributed by atoms with Crippen LogP contribution in [0.15, 0.2) is 53.4 Å². The van der Waals surface area contributed by atoms with Gasteiger partial charge in [0.05, 0.1) is 16.2 Å². The molecule has 0 unspecified atom stereocenters. The molecule has 2 aromatic carbocycles. The molecule has 33 heavy (non-hydrogen) atoms. The number of alkyl halides is 3. The highest BCUT2D eigenvalue weighted by molar-refractivity contribution is 8.26. The molecule has 2 amide bonds. The minimum Gasteiger partial charge on any atom is -0.326 e. The van der Waals surface area contributed by atoms with Crippen molar-refractivity contribution >= 4 is 51.9 Å². The number of carbonyl (C=O) groups excluding carboxylic acids is 2. The number of para-hydroxylation sites is 1. The Hall–Kier alpha value is -2.65. The molecular formula is C24H23F3N2O2S2. The molecule has 1 fully saturated rings. The Balaban J connectivity index is 1.44. The molecular weight excluding hydrogens is 469 g/mol. The summed E-state index contributed by atoms with van der Waals surface area (Å²) in [7, 11) is 0. The summed E-state index contributed by atoms with van der Waals surface area (Å²) in [4.78, 5) is 26.9. The number of aryl methyl sites for hydroxylation is 1. The van der Waals surface area contributed by atoms with Crippen molar-refractivity contribution in [3.8, 4) is 0 Å². The normalized spacial score (nSPS) is 15.4. The fourth-order valence-electron chi connectivity index (χ4n) is 3.29. The topological polar surface area (TPSA) is 49.4 Å². The van der Waals surface area contributed by atoms with Crippen molar-refractivity contribution in [3.05, 3.63) is 70.1 Å². The van der Waals surface area contributed by atoms with Crippen molar-refractivity contribution in [2.45, 2.75) is 38.8 Å².